The summed E-state index contributed by atoms with van der Waals surface area (Å²) in [4.78, 5) is 44.8. The number of rotatable bonds is 12. The van der Waals surface area contributed by atoms with Crippen molar-refractivity contribution in [3.63, 3.8) is 0 Å². The lowest BCUT2D eigenvalue weighted by molar-refractivity contribution is -0.150. The summed E-state index contributed by atoms with van der Waals surface area (Å²) in [6.07, 6.45) is 0.648. The molecule has 1 saturated heterocycles. The van der Waals surface area contributed by atoms with Crippen LogP contribution in [-0.4, -0.2) is 68.3 Å². The molecule has 10 nitrogen and oxygen atoms in total. The molecule has 0 unspecified atom stereocenters. The Hall–Kier alpha value is -4.78. The number of aliphatic hydroxyl groups excluding tert-OH is 1. The first kappa shape index (κ1) is 36.0. The summed E-state index contributed by atoms with van der Waals surface area (Å²) < 4.78 is 35.5. The maximum absolute atomic E-state index is 16.4. The molecule has 0 bridgehead atoms. The van der Waals surface area contributed by atoms with Gasteiger partial charge in [-0.3, -0.25) is 19.0 Å². The molecule has 51 heavy (non-hydrogen) atoms. The SMILES string of the molecule is COc1ccc2c(c1)[C@]1(O[C@@H](CC(=O)N(CCO)Cc3ccccc3)[C@H]([Si](C)(C)F)[C@H]1C)C(=O)N2Cc1ccc(-n2cccc(OC)c2=O)cc1. The van der Waals surface area contributed by atoms with Crippen LogP contribution >= 0.6 is 0 Å². The van der Waals surface area contributed by atoms with Crippen LogP contribution in [0.25, 0.3) is 5.69 Å². The topological polar surface area (TPSA) is 111 Å². The van der Waals surface area contributed by atoms with Gasteiger partial charge in [0.25, 0.3) is 11.5 Å². The molecule has 3 aromatic carbocycles. The minimum absolute atomic E-state index is 0.111. The van der Waals surface area contributed by atoms with Crippen molar-refractivity contribution in [3.05, 3.63) is 118 Å². The van der Waals surface area contributed by atoms with Crippen molar-refractivity contribution in [2.75, 3.05) is 32.3 Å². The van der Waals surface area contributed by atoms with Crippen molar-refractivity contribution in [1.29, 1.82) is 0 Å². The highest BCUT2D eigenvalue weighted by Crippen LogP contribution is 2.60. The van der Waals surface area contributed by atoms with E-state index in [-0.39, 0.29) is 55.8 Å². The number of amides is 2. The minimum Gasteiger partial charge on any atom is -0.497 e. The summed E-state index contributed by atoms with van der Waals surface area (Å²) in [5.74, 6) is -0.471. The number of carbonyl (C=O) groups excluding carboxylic acids is 2. The maximum Gasteiger partial charge on any atom is 0.297 e. The fourth-order valence-corrected chi connectivity index (χ4v) is 10.3. The third-order valence-corrected chi connectivity index (χ3v) is 12.6. The zero-order valence-electron chi connectivity index (χ0n) is 29.5. The molecule has 0 aliphatic carbocycles. The van der Waals surface area contributed by atoms with Crippen LogP contribution in [0.4, 0.5) is 9.80 Å². The number of halogens is 1. The molecule has 12 heteroatoms. The Morgan fingerprint density at radius 1 is 0.980 bits per heavy atom. The van der Waals surface area contributed by atoms with Gasteiger partial charge in [-0.05, 0) is 66.7 Å². The van der Waals surface area contributed by atoms with E-state index in [1.54, 1.807) is 72.6 Å². The van der Waals surface area contributed by atoms with Gasteiger partial charge in [0, 0.05) is 42.0 Å². The van der Waals surface area contributed by atoms with Gasteiger partial charge in [0.1, 0.15) is 5.75 Å². The fourth-order valence-electron chi connectivity index (χ4n) is 7.81. The molecule has 268 valence electrons. The quantitative estimate of drug-likeness (QED) is 0.151. The van der Waals surface area contributed by atoms with Crippen LogP contribution in [0.1, 0.15) is 30.0 Å². The number of anilines is 1. The molecule has 2 aliphatic heterocycles. The molecule has 6 rings (SSSR count). The highest BCUT2D eigenvalue weighted by atomic mass is 28.4. The Balaban J connectivity index is 1.33. The van der Waals surface area contributed by atoms with Crippen LogP contribution in [-0.2, 0) is 33.0 Å². The minimum atomic E-state index is -3.54. The first-order valence-electron chi connectivity index (χ1n) is 17.1. The molecular weight excluding hydrogens is 670 g/mol. The molecule has 4 aromatic rings. The number of nitrogens with zero attached hydrogens (tertiary/aromatic N) is 3. The van der Waals surface area contributed by atoms with Gasteiger partial charge in [0.05, 0.1) is 45.6 Å². The average molecular weight is 714 g/mol. The summed E-state index contributed by atoms with van der Waals surface area (Å²) in [5, 5.41) is 9.81. The van der Waals surface area contributed by atoms with E-state index in [0.717, 1.165) is 11.1 Å². The lowest BCUT2D eigenvalue weighted by Gasteiger charge is -2.31. The highest BCUT2D eigenvalue weighted by molar-refractivity contribution is 6.72. The van der Waals surface area contributed by atoms with E-state index < -0.39 is 31.6 Å². The number of carbonyl (C=O) groups is 2. The number of benzene rings is 3. The molecule has 4 atom stereocenters. The Kier molecular flexibility index (Phi) is 10.2. The standard InChI is InChI=1S/C39H44FN3O7Si/c1-26-36(51(4,5)40)34(23-35(45)41(20-21-44)24-27-10-7-6-8-11-27)50-39(26)31-22-30(48-2)17-18-32(31)43(38(39)47)25-28-13-15-29(16-14-28)42-19-9-12-33(49-3)37(42)46/h6-19,22,26,34,36,44H,20-21,23-25H2,1-5H3/t26-,34+,36-,39+/m1/s1. The van der Waals surface area contributed by atoms with E-state index in [9.17, 15) is 19.5 Å². The van der Waals surface area contributed by atoms with Crippen LogP contribution in [0.3, 0.4) is 0 Å². The molecule has 1 aromatic heterocycles. The van der Waals surface area contributed by atoms with E-state index in [0.29, 0.717) is 22.7 Å². The van der Waals surface area contributed by atoms with Crippen LogP contribution in [0.2, 0.25) is 18.6 Å². The van der Waals surface area contributed by atoms with E-state index >= 15 is 4.11 Å². The zero-order chi connectivity index (χ0) is 36.5. The second kappa shape index (κ2) is 14.5. The number of ether oxygens (including phenoxy) is 3. The molecule has 1 spiro atoms. The van der Waals surface area contributed by atoms with Gasteiger partial charge in [-0.2, -0.15) is 0 Å². The molecule has 0 saturated carbocycles. The largest absolute Gasteiger partial charge is 0.497 e. The van der Waals surface area contributed by atoms with Crippen LogP contribution in [0.5, 0.6) is 11.5 Å². The zero-order valence-corrected chi connectivity index (χ0v) is 30.5. The highest BCUT2D eigenvalue weighted by Gasteiger charge is 2.67. The Bertz CT molecular complexity index is 1950. The molecule has 1 N–H and O–H groups in total. The van der Waals surface area contributed by atoms with Gasteiger partial charge in [-0.1, -0.05) is 49.4 Å². The average Bonchev–Trinajstić information content (AvgIpc) is 3.54. The number of methoxy groups -OCH3 is 2. The predicted octanol–water partition coefficient (Wildman–Crippen LogP) is 5.59. The summed E-state index contributed by atoms with van der Waals surface area (Å²) in [6, 6.07) is 25.5. The number of hydrogen-bond acceptors (Lipinski definition) is 7. The van der Waals surface area contributed by atoms with Gasteiger partial charge < -0.3 is 33.2 Å². The first-order chi connectivity index (χ1) is 24.4. The summed E-state index contributed by atoms with van der Waals surface area (Å²) >= 11 is 0. The van der Waals surface area contributed by atoms with Crippen molar-refractivity contribution in [3.8, 4) is 17.2 Å². The smallest absolute Gasteiger partial charge is 0.297 e. The Labute approximate surface area is 298 Å². The second-order valence-corrected chi connectivity index (χ2v) is 17.5. The third-order valence-electron chi connectivity index (χ3n) is 10.2. The van der Waals surface area contributed by atoms with E-state index in [2.05, 4.69) is 0 Å². The first-order valence-corrected chi connectivity index (χ1v) is 20.0. The van der Waals surface area contributed by atoms with Gasteiger partial charge in [-0.15, -0.1) is 0 Å². The van der Waals surface area contributed by atoms with Crippen LogP contribution in [0, 0.1) is 5.92 Å². The fraction of sp³-hybridized carbons (Fsp3) is 0.359. The number of aliphatic hydroxyl groups is 1. The van der Waals surface area contributed by atoms with Gasteiger partial charge >= 0.3 is 0 Å². The summed E-state index contributed by atoms with van der Waals surface area (Å²) in [7, 11) is -0.550. The van der Waals surface area contributed by atoms with Crippen molar-refractivity contribution in [2.24, 2.45) is 5.92 Å². The molecule has 3 heterocycles. The van der Waals surface area contributed by atoms with Crippen LogP contribution in [0.15, 0.2) is 95.9 Å². The van der Waals surface area contributed by atoms with Gasteiger partial charge in [0.2, 0.25) is 14.3 Å². The lowest BCUT2D eigenvalue weighted by atomic mass is 9.82. The van der Waals surface area contributed by atoms with Gasteiger partial charge in [-0.25, -0.2) is 0 Å². The second-order valence-electron chi connectivity index (χ2n) is 13.7. The van der Waals surface area contributed by atoms with Crippen molar-refractivity contribution >= 4 is 25.9 Å². The molecule has 2 aliphatic rings. The number of fused-ring (bicyclic) bond motifs is 2. The van der Waals surface area contributed by atoms with Gasteiger partial charge in [0.15, 0.2) is 11.4 Å². The molecule has 1 fully saturated rings. The van der Waals surface area contributed by atoms with Crippen LogP contribution < -0.4 is 19.9 Å². The van der Waals surface area contributed by atoms with E-state index in [1.165, 1.54) is 11.7 Å². The van der Waals surface area contributed by atoms with Crippen molar-refractivity contribution < 1.29 is 33.0 Å². The summed E-state index contributed by atoms with van der Waals surface area (Å²) in [6.45, 7) is 5.41. The summed E-state index contributed by atoms with van der Waals surface area (Å²) in [5.41, 5.74) is 1.02. The molecular formula is C39H44FN3O7Si. The number of pyridine rings is 1. The molecule has 0 radical (unpaired) electrons. The monoisotopic (exact) mass is 713 g/mol. The van der Waals surface area contributed by atoms with Crippen molar-refractivity contribution in [2.45, 2.75) is 56.8 Å². The predicted molar refractivity (Wildman–Crippen MR) is 194 cm³/mol. The maximum atomic E-state index is 16.4. The van der Waals surface area contributed by atoms with E-state index in [4.69, 9.17) is 14.2 Å². The Morgan fingerprint density at radius 2 is 1.71 bits per heavy atom. The number of aromatic nitrogens is 1. The number of hydrogen-bond donors (Lipinski definition) is 1. The normalized spacial score (nSPS) is 21.2. The van der Waals surface area contributed by atoms with E-state index in [1.807, 2.05) is 55.5 Å². The van der Waals surface area contributed by atoms with Crippen molar-refractivity contribution in [1.82, 2.24) is 9.47 Å². The third kappa shape index (κ3) is 6.71. The Morgan fingerprint density at radius 3 is 2.35 bits per heavy atom. The molecule has 2 amide bonds. The lowest BCUT2D eigenvalue weighted by Crippen LogP contribution is -2.45.